The van der Waals surface area contributed by atoms with Crippen LogP contribution in [-0.2, 0) is 24.4 Å². The molecule has 0 bridgehead atoms. The maximum Gasteiger partial charge on any atom is 0.408 e. The predicted octanol–water partition coefficient (Wildman–Crippen LogP) is 6.01. The standard InChI is InChI=1S/C42H57F2N5O10S/c1-9-25(4)48(38(53)54)34-26(10-2)19-24(3)13-11-12-14-27-22-41(27,37(52)47-60(55,56)39(5)17-18-39)46-35(50)31-23-40(6,42(43,44)49(31)36(34)51)59-32-21-33(58-8)45-30-20-28(57-7)15-16-29(30)32/h12,14-16,20-21,24-27,31,34H,9-11,13,17-19,22-23H2,1-8H3,(H,46,50)(H,47,52)(H,53,54)/b14-12-/t24-,25?,26-,27-,31+,34+,40-,41-/m1/s1. The summed E-state index contributed by atoms with van der Waals surface area (Å²) in [6, 6.07) is -2.72. The van der Waals surface area contributed by atoms with Crippen molar-refractivity contribution in [2.24, 2.45) is 17.8 Å². The zero-order chi connectivity index (χ0) is 44.2. The SMILES string of the molecule is CCC(C)N(C(=O)O)[C@@H]1C(=O)N2[C@@H](C[C@@](C)(Oc3cc(OC)nc4cc(OC)ccc34)C2(F)F)C(=O)N[C@]2(C(=O)NS(=O)(=O)C3(C)CC3)C[C@H]2/C=C\CC[C@@H](C)C[C@H]1CC. The number of methoxy groups -OCH3 is 2. The number of sulfonamides is 1. The van der Waals surface area contributed by atoms with E-state index in [1.165, 1.54) is 27.2 Å². The second-order valence-electron chi connectivity index (χ2n) is 17.4. The third-order valence-corrected chi connectivity index (χ3v) is 15.3. The lowest BCUT2D eigenvalue weighted by Crippen LogP contribution is -2.65. The van der Waals surface area contributed by atoms with Crippen molar-refractivity contribution in [1.29, 1.82) is 0 Å². The highest BCUT2D eigenvalue weighted by atomic mass is 32.2. The molecule has 15 nitrogen and oxygen atoms in total. The summed E-state index contributed by atoms with van der Waals surface area (Å²) in [7, 11) is -1.39. The van der Waals surface area contributed by atoms with Gasteiger partial charge in [-0.25, -0.2) is 18.2 Å². The molecule has 6 rings (SSSR count). The van der Waals surface area contributed by atoms with E-state index in [0.717, 1.165) is 11.8 Å². The lowest BCUT2D eigenvalue weighted by atomic mass is 9.83. The Morgan fingerprint density at radius 3 is 2.42 bits per heavy atom. The van der Waals surface area contributed by atoms with Gasteiger partial charge in [-0.15, -0.1) is 0 Å². The van der Waals surface area contributed by atoms with Crippen LogP contribution in [0, 0.1) is 17.8 Å². The summed E-state index contributed by atoms with van der Waals surface area (Å²) in [4.78, 5) is 62.7. The van der Waals surface area contributed by atoms with Crippen molar-refractivity contribution in [3.63, 3.8) is 0 Å². The predicted molar refractivity (Wildman–Crippen MR) is 217 cm³/mol. The van der Waals surface area contributed by atoms with E-state index in [4.69, 9.17) is 14.2 Å². The molecule has 1 unspecified atom stereocenters. The molecule has 0 radical (unpaired) electrons. The number of hydrogen-bond acceptors (Lipinski definition) is 10. The Balaban J connectivity index is 1.51. The van der Waals surface area contributed by atoms with E-state index in [0.29, 0.717) is 37.9 Å². The first-order chi connectivity index (χ1) is 28.1. The largest absolute Gasteiger partial charge is 0.497 e. The van der Waals surface area contributed by atoms with Gasteiger partial charge in [0.25, 0.3) is 11.8 Å². The summed E-state index contributed by atoms with van der Waals surface area (Å²) >= 11 is 0. The first-order valence-corrected chi connectivity index (χ1v) is 22.1. The fourth-order valence-corrected chi connectivity index (χ4v) is 9.99. The average molecular weight is 862 g/mol. The normalized spacial score (nSPS) is 31.0. The lowest BCUT2D eigenvalue weighted by Gasteiger charge is -2.43. The Morgan fingerprint density at radius 1 is 1.12 bits per heavy atom. The van der Waals surface area contributed by atoms with Crippen molar-refractivity contribution < 1.29 is 55.7 Å². The number of alkyl halides is 2. The molecule has 1 aromatic heterocycles. The number of nitrogens with zero attached hydrogens (tertiary/aromatic N) is 3. The first-order valence-electron chi connectivity index (χ1n) is 20.6. The zero-order valence-corrected chi connectivity index (χ0v) is 36.2. The highest BCUT2D eigenvalue weighted by Crippen LogP contribution is 2.52. The Kier molecular flexibility index (Phi) is 12.1. The van der Waals surface area contributed by atoms with Gasteiger partial charge in [0.05, 0.1) is 24.5 Å². The molecule has 1 saturated heterocycles. The summed E-state index contributed by atoms with van der Waals surface area (Å²) in [5.74, 6) is -4.65. The number of halogens is 2. The number of pyridine rings is 1. The summed E-state index contributed by atoms with van der Waals surface area (Å²) in [6.45, 7) is 9.60. The smallest absolute Gasteiger partial charge is 0.408 e. The number of rotatable bonds is 11. The maximum atomic E-state index is 17.8. The molecule has 60 heavy (non-hydrogen) atoms. The molecule has 2 aliphatic heterocycles. The van der Waals surface area contributed by atoms with Crippen LogP contribution in [0.1, 0.15) is 99.3 Å². The van der Waals surface area contributed by atoms with Gasteiger partial charge >= 0.3 is 12.1 Å². The minimum absolute atomic E-state index is 0.0146. The molecule has 2 aliphatic carbocycles. The second-order valence-corrected chi connectivity index (χ2v) is 19.6. The molecule has 330 valence electrons. The number of carbonyl (C=O) groups excluding carboxylic acids is 3. The minimum atomic E-state index is -4.29. The van der Waals surface area contributed by atoms with Crippen LogP contribution < -0.4 is 24.2 Å². The number of hydrogen-bond donors (Lipinski definition) is 3. The molecule has 2 saturated carbocycles. The van der Waals surface area contributed by atoms with Crippen LogP contribution >= 0.6 is 0 Å². The van der Waals surface area contributed by atoms with Gasteiger partial charge in [0.1, 0.15) is 29.1 Å². The van der Waals surface area contributed by atoms with Gasteiger partial charge in [-0.2, -0.15) is 8.78 Å². The van der Waals surface area contributed by atoms with Gasteiger partial charge < -0.3 is 24.6 Å². The molecular formula is C42H57F2N5O10S. The van der Waals surface area contributed by atoms with Gasteiger partial charge in [0.2, 0.25) is 21.8 Å². The quantitative estimate of drug-likeness (QED) is 0.177. The van der Waals surface area contributed by atoms with Crippen LogP contribution in [-0.4, -0.2) is 106 Å². The summed E-state index contributed by atoms with van der Waals surface area (Å²) in [6.07, 6.45) is 3.84. The molecule has 3 N–H and O–H groups in total. The maximum absolute atomic E-state index is 17.8. The first kappa shape index (κ1) is 44.8. The van der Waals surface area contributed by atoms with E-state index in [2.05, 4.69) is 15.0 Å². The van der Waals surface area contributed by atoms with E-state index in [1.54, 1.807) is 45.0 Å². The van der Waals surface area contributed by atoms with Crippen LogP contribution in [0.2, 0.25) is 0 Å². The molecule has 18 heteroatoms. The highest BCUT2D eigenvalue weighted by molar-refractivity contribution is 7.91. The van der Waals surface area contributed by atoms with Crippen LogP contribution in [0.4, 0.5) is 13.6 Å². The lowest BCUT2D eigenvalue weighted by molar-refractivity contribution is -0.218. The van der Waals surface area contributed by atoms with Gasteiger partial charge in [-0.3, -0.25) is 28.9 Å². The number of fused-ring (bicyclic) bond motifs is 3. The van der Waals surface area contributed by atoms with Crippen LogP contribution in [0.5, 0.6) is 17.4 Å². The molecule has 8 atom stereocenters. The summed E-state index contributed by atoms with van der Waals surface area (Å²) in [5.41, 5.74) is -4.22. The van der Waals surface area contributed by atoms with Gasteiger partial charge in [-0.1, -0.05) is 39.3 Å². The van der Waals surface area contributed by atoms with Gasteiger partial charge in [0, 0.05) is 35.9 Å². The molecule has 4 aliphatic rings. The van der Waals surface area contributed by atoms with Crippen LogP contribution in [0.15, 0.2) is 36.4 Å². The number of benzene rings is 1. The number of nitrogens with one attached hydrogen (secondary N) is 2. The summed E-state index contributed by atoms with van der Waals surface area (Å²) < 4.78 is 80.2. The summed E-state index contributed by atoms with van der Waals surface area (Å²) in [5, 5.41) is 13.6. The van der Waals surface area contributed by atoms with Crippen molar-refractivity contribution in [2.75, 3.05) is 14.2 Å². The molecule has 0 spiro atoms. The Labute approximate surface area is 349 Å². The third-order valence-electron chi connectivity index (χ3n) is 13.2. The van der Waals surface area contributed by atoms with E-state index >= 15 is 13.6 Å². The fraction of sp³-hybridized carbons (Fsp3) is 0.643. The average Bonchev–Trinajstić information content (AvgIpc) is 4.10. The van der Waals surface area contributed by atoms with Crippen molar-refractivity contribution in [2.45, 2.75) is 139 Å². The number of allylic oxidation sites excluding steroid dienone is 1. The van der Waals surface area contributed by atoms with E-state index in [-0.39, 0.29) is 52.6 Å². The fourth-order valence-electron chi connectivity index (χ4n) is 8.68. The number of amides is 4. The van der Waals surface area contributed by atoms with E-state index in [9.17, 15) is 27.9 Å². The van der Waals surface area contributed by atoms with Crippen molar-refractivity contribution in [1.82, 2.24) is 24.8 Å². The van der Waals surface area contributed by atoms with E-state index in [1.807, 2.05) is 13.0 Å². The Bertz CT molecular complexity index is 2160. The molecule has 2 aromatic rings. The highest BCUT2D eigenvalue weighted by Gasteiger charge is 2.71. The van der Waals surface area contributed by atoms with Crippen LogP contribution in [0.3, 0.4) is 0 Å². The number of aromatic nitrogens is 1. The van der Waals surface area contributed by atoms with Crippen molar-refractivity contribution in [3.8, 4) is 17.4 Å². The van der Waals surface area contributed by atoms with Crippen LogP contribution in [0.25, 0.3) is 10.9 Å². The van der Waals surface area contributed by atoms with Gasteiger partial charge in [0.15, 0.2) is 5.60 Å². The second kappa shape index (κ2) is 16.3. The van der Waals surface area contributed by atoms with Gasteiger partial charge in [-0.05, 0) is 89.7 Å². The third kappa shape index (κ3) is 7.95. The monoisotopic (exact) mass is 861 g/mol. The van der Waals surface area contributed by atoms with E-state index < -0.39 is 92.2 Å². The molecular weight excluding hydrogens is 805 g/mol. The molecule has 4 amide bonds. The van der Waals surface area contributed by atoms with Crippen molar-refractivity contribution in [3.05, 3.63) is 36.4 Å². The zero-order valence-electron chi connectivity index (χ0n) is 35.4. The van der Waals surface area contributed by atoms with Crippen molar-refractivity contribution >= 4 is 44.7 Å². The Morgan fingerprint density at radius 2 is 1.82 bits per heavy atom. The minimum Gasteiger partial charge on any atom is -0.497 e. The number of carboxylic acid groups (broad SMARTS) is 1. The Hall–Kier alpha value is -4.74. The number of ether oxygens (including phenoxy) is 3. The number of carbonyl (C=O) groups is 4. The topological polar surface area (TPSA) is 194 Å². The molecule has 3 fully saturated rings. The molecule has 1 aromatic carbocycles. The molecule has 3 heterocycles.